The number of rotatable bonds is 4. The van der Waals surface area contributed by atoms with E-state index in [-0.39, 0.29) is 6.09 Å². The summed E-state index contributed by atoms with van der Waals surface area (Å²) in [5.74, 6) is 0.474. The molecule has 1 aliphatic heterocycles. The minimum atomic E-state index is -0.419. The highest BCUT2D eigenvalue weighted by Gasteiger charge is 2.33. The van der Waals surface area contributed by atoms with Crippen LogP contribution in [0.25, 0.3) is 0 Å². The van der Waals surface area contributed by atoms with E-state index in [2.05, 4.69) is 36.5 Å². The van der Waals surface area contributed by atoms with Gasteiger partial charge in [0.2, 0.25) is 0 Å². The van der Waals surface area contributed by atoms with Crippen LogP contribution in [0.3, 0.4) is 0 Å². The zero-order chi connectivity index (χ0) is 15.5. The second kappa shape index (κ2) is 6.48. The van der Waals surface area contributed by atoms with E-state index in [0.29, 0.717) is 12.0 Å². The fourth-order valence-electron chi connectivity index (χ4n) is 2.33. The standard InChI is InChI=1S/C17H26N2O2/c1-13(14-8-6-5-7-9-14)10-18-15-11-19(12-15)16(20)21-17(2,3)4/h5-9,13,15,18H,10-12H2,1-4H3. The van der Waals surface area contributed by atoms with Crippen LogP contribution in [0.5, 0.6) is 0 Å². The molecule has 1 N–H and O–H groups in total. The van der Waals surface area contributed by atoms with E-state index in [1.165, 1.54) is 5.56 Å². The Labute approximate surface area is 127 Å². The molecule has 1 atom stereocenters. The van der Waals surface area contributed by atoms with Crippen molar-refractivity contribution in [2.75, 3.05) is 19.6 Å². The van der Waals surface area contributed by atoms with Gasteiger partial charge in [-0.25, -0.2) is 4.79 Å². The lowest BCUT2D eigenvalue weighted by molar-refractivity contribution is 0.00529. The Morgan fingerprint density at radius 3 is 2.52 bits per heavy atom. The smallest absolute Gasteiger partial charge is 0.410 e. The summed E-state index contributed by atoms with van der Waals surface area (Å²) in [6.45, 7) is 10.3. The summed E-state index contributed by atoms with van der Waals surface area (Å²) in [5, 5.41) is 3.52. The van der Waals surface area contributed by atoms with Crippen LogP contribution >= 0.6 is 0 Å². The summed E-state index contributed by atoms with van der Waals surface area (Å²) in [4.78, 5) is 13.6. The first-order valence-electron chi connectivity index (χ1n) is 7.61. The maximum atomic E-state index is 11.8. The molecule has 1 fully saturated rings. The summed E-state index contributed by atoms with van der Waals surface area (Å²) in [6.07, 6.45) is -0.211. The second-order valence-corrected chi connectivity index (χ2v) is 6.80. The first-order chi connectivity index (χ1) is 9.85. The lowest BCUT2D eigenvalue weighted by atomic mass is 10.0. The lowest BCUT2D eigenvalue weighted by Crippen LogP contribution is -2.60. The number of benzene rings is 1. The van der Waals surface area contributed by atoms with Crippen LogP contribution in [0, 0.1) is 0 Å². The lowest BCUT2D eigenvalue weighted by Gasteiger charge is -2.40. The first kappa shape index (κ1) is 15.8. The van der Waals surface area contributed by atoms with Crippen LogP contribution in [0.2, 0.25) is 0 Å². The van der Waals surface area contributed by atoms with Gasteiger partial charge in [-0.3, -0.25) is 0 Å². The molecule has 0 aromatic heterocycles. The predicted octanol–water partition coefficient (Wildman–Crippen LogP) is 3.00. The summed E-state index contributed by atoms with van der Waals surface area (Å²) >= 11 is 0. The highest BCUT2D eigenvalue weighted by atomic mass is 16.6. The molecule has 1 heterocycles. The molecular weight excluding hydrogens is 264 g/mol. The van der Waals surface area contributed by atoms with Gasteiger partial charge in [0.15, 0.2) is 0 Å². The molecule has 4 heteroatoms. The molecule has 4 nitrogen and oxygen atoms in total. The van der Waals surface area contributed by atoms with Crippen LogP contribution in [-0.2, 0) is 4.74 Å². The number of nitrogens with one attached hydrogen (secondary N) is 1. The number of carbonyl (C=O) groups is 1. The Morgan fingerprint density at radius 2 is 1.95 bits per heavy atom. The van der Waals surface area contributed by atoms with Crippen molar-refractivity contribution < 1.29 is 9.53 Å². The number of ether oxygens (including phenoxy) is 1. The number of likely N-dealkylation sites (tertiary alicyclic amines) is 1. The van der Waals surface area contributed by atoms with Crippen LogP contribution in [0.1, 0.15) is 39.2 Å². The number of hydrogen-bond acceptors (Lipinski definition) is 3. The Balaban J connectivity index is 1.68. The number of carbonyl (C=O) groups excluding carboxylic acids is 1. The molecule has 0 bridgehead atoms. The highest BCUT2D eigenvalue weighted by Crippen LogP contribution is 2.17. The van der Waals surface area contributed by atoms with Crippen molar-refractivity contribution in [3.8, 4) is 0 Å². The molecule has 0 saturated carbocycles. The van der Waals surface area contributed by atoms with Crippen molar-refractivity contribution in [1.29, 1.82) is 0 Å². The van der Waals surface area contributed by atoms with Crippen molar-refractivity contribution in [3.63, 3.8) is 0 Å². The quantitative estimate of drug-likeness (QED) is 0.927. The maximum absolute atomic E-state index is 11.8. The Hall–Kier alpha value is -1.55. The summed E-state index contributed by atoms with van der Waals surface area (Å²) < 4.78 is 5.34. The Morgan fingerprint density at radius 1 is 1.33 bits per heavy atom. The molecule has 21 heavy (non-hydrogen) atoms. The molecule has 1 amide bonds. The van der Waals surface area contributed by atoms with Gasteiger partial charge < -0.3 is 15.0 Å². The third kappa shape index (κ3) is 4.74. The van der Waals surface area contributed by atoms with E-state index in [4.69, 9.17) is 4.74 Å². The molecule has 1 saturated heterocycles. The summed E-state index contributed by atoms with van der Waals surface area (Å²) in [7, 11) is 0. The highest BCUT2D eigenvalue weighted by molar-refractivity contribution is 5.69. The van der Waals surface area contributed by atoms with Gasteiger partial charge >= 0.3 is 6.09 Å². The monoisotopic (exact) mass is 290 g/mol. The zero-order valence-corrected chi connectivity index (χ0v) is 13.4. The topological polar surface area (TPSA) is 41.6 Å². The molecule has 116 valence electrons. The molecule has 0 spiro atoms. The van der Waals surface area contributed by atoms with E-state index in [0.717, 1.165) is 19.6 Å². The van der Waals surface area contributed by atoms with Gasteiger partial charge in [-0.15, -0.1) is 0 Å². The van der Waals surface area contributed by atoms with Crippen molar-refractivity contribution in [2.45, 2.75) is 45.3 Å². The van der Waals surface area contributed by atoms with E-state index in [1.54, 1.807) is 4.90 Å². The molecule has 1 aliphatic rings. The third-order valence-electron chi connectivity index (χ3n) is 3.61. The fraction of sp³-hybridized carbons (Fsp3) is 0.588. The fourth-order valence-corrected chi connectivity index (χ4v) is 2.33. The predicted molar refractivity (Wildman–Crippen MR) is 84.5 cm³/mol. The van der Waals surface area contributed by atoms with Crippen molar-refractivity contribution >= 4 is 6.09 Å². The Kier molecular flexibility index (Phi) is 4.88. The molecule has 0 aliphatic carbocycles. The van der Waals surface area contributed by atoms with Crippen molar-refractivity contribution in [1.82, 2.24) is 10.2 Å². The Bertz CT molecular complexity index is 461. The van der Waals surface area contributed by atoms with Gasteiger partial charge in [0.05, 0.1) is 0 Å². The largest absolute Gasteiger partial charge is 0.444 e. The average Bonchev–Trinajstić information content (AvgIpc) is 2.35. The van der Waals surface area contributed by atoms with Crippen LogP contribution < -0.4 is 5.32 Å². The van der Waals surface area contributed by atoms with Crippen LogP contribution in [-0.4, -0.2) is 42.3 Å². The normalized spacial score (nSPS) is 17.2. The average molecular weight is 290 g/mol. The first-order valence-corrected chi connectivity index (χ1v) is 7.61. The van der Waals surface area contributed by atoms with Crippen LogP contribution in [0.4, 0.5) is 4.79 Å². The minimum absolute atomic E-state index is 0.211. The van der Waals surface area contributed by atoms with E-state index in [1.807, 2.05) is 26.8 Å². The van der Waals surface area contributed by atoms with Gasteiger partial charge in [0, 0.05) is 25.7 Å². The molecule has 1 aromatic carbocycles. The van der Waals surface area contributed by atoms with Gasteiger partial charge in [-0.05, 0) is 32.3 Å². The summed E-state index contributed by atoms with van der Waals surface area (Å²) in [5.41, 5.74) is 0.922. The van der Waals surface area contributed by atoms with E-state index < -0.39 is 5.60 Å². The third-order valence-corrected chi connectivity index (χ3v) is 3.61. The van der Waals surface area contributed by atoms with Crippen LogP contribution in [0.15, 0.2) is 30.3 Å². The van der Waals surface area contributed by atoms with Gasteiger partial charge in [0.1, 0.15) is 5.60 Å². The number of nitrogens with zero attached hydrogens (tertiary/aromatic N) is 1. The second-order valence-electron chi connectivity index (χ2n) is 6.80. The van der Waals surface area contributed by atoms with Gasteiger partial charge in [-0.1, -0.05) is 37.3 Å². The van der Waals surface area contributed by atoms with E-state index >= 15 is 0 Å². The molecule has 0 radical (unpaired) electrons. The molecule has 2 rings (SSSR count). The minimum Gasteiger partial charge on any atom is -0.444 e. The molecule has 1 unspecified atom stereocenters. The molecular formula is C17H26N2O2. The summed E-state index contributed by atoms with van der Waals surface area (Å²) in [6, 6.07) is 10.9. The van der Waals surface area contributed by atoms with Crippen molar-refractivity contribution in [2.24, 2.45) is 0 Å². The zero-order valence-electron chi connectivity index (χ0n) is 13.4. The van der Waals surface area contributed by atoms with Crippen molar-refractivity contribution in [3.05, 3.63) is 35.9 Å². The van der Waals surface area contributed by atoms with Gasteiger partial charge in [0.25, 0.3) is 0 Å². The number of amides is 1. The SMILES string of the molecule is CC(CNC1CN(C(=O)OC(C)(C)C)C1)c1ccccc1. The molecule has 1 aromatic rings. The van der Waals surface area contributed by atoms with E-state index in [9.17, 15) is 4.79 Å². The van der Waals surface area contributed by atoms with Gasteiger partial charge in [-0.2, -0.15) is 0 Å². The maximum Gasteiger partial charge on any atom is 0.410 e. The number of hydrogen-bond donors (Lipinski definition) is 1.